The standard InChI is InChI=1S/3C4H9.C3F3.Sn/c3*1-3-4-2;1-2-3(4,5)6;/h3*1,3-4H2,2H3;;. The molecule has 0 aromatic heterocycles. The first-order valence-corrected chi connectivity index (χ1v) is 6.19. The Balaban J connectivity index is -0.0000000459. The molecular formula is C15H27F3Sn. The number of unbranched alkanes of at least 4 members (excludes halogenated alkanes) is 3. The minimum absolute atomic E-state index is 0. The minimum Gasteiger partial charge on any atom is -0.159 e. The van der Waals surface area contributed by atoms with Gasteiger partial charge in [-0.2, -0.15) is 13.2 Å². The summed E-state index contributed by atoms with van der Waals surface area (Å²) in [5.41, 5.74) is 0. The zero-order chi connectivity index (χ0) is 15.4. The molecule has 0 nitrogen and oxygen atoms in total. The molecule has 0 aliphatic heterocycles. The van der Waals surface area contributed by atoms with Gasteiger partial charge in [-0.1, -0.05) is 80.1 Å². The van der Waals surface area contributed by atoms with E-state index in [9.17, 15) is 13.2 Å². The van der Waals surface area contributed by atoms with Crippen LogP contribution in [0.15, 0.2) is 0 Å². The van der Waals surface area contributed by atoms with Gasteiger partial charge in [0.05, 0.1) is 0 Å². The maximum Gasteiger partial charge on any atom is 0.458 e. The molecule has 0 rings (SSSR count). The summed E-state index contributed by atoms with van der Waals surface area (Å²) in [6.45, 7) is 17.2. The summed E-state index contributed by atoms with van der Waals surface area (Å²) >= 11 is 0. The van der Waals surface area contributed by atoms with Crippen LogP contribution in [0.2, 0.25) is 0 Å². The third-order valence-corrected chi connectivity index (χ3v) is 1.20. The van der Waals surface area contributed by atoms with Crippen LogP contribution in [0.5, 0.6) is 0 Å². The SMILES string of the molecule is [CH2]CCC.[CH2]CCC.[CH2]CCC.[C]#CC(F)(F)F.[Sn]. The van der Waals surface area contributed by atoms with Gasteiger partial charge in [0.1, 0.15) is 0 Å². The number of rotatable bonds is 3. The van der Waals surface area contributed by atoms with Gasteiger partial charge in [0, 0.05) is 29.8 Å². The van der Waals surface area contributed by atoms with Gasteiger partial charge in [-0.05, 0) is 6.42 Å². The fourth-order valence-corrected chi connectivity index (χ4v) is 0. The molecule has 0 saturated carbocycles. The molecule has 0 aromatic carbocycles. The van der Waals surface area contributed by atoms with E-state index < -0.39 is 6.18 Å². The average Bonchev–Trinajstić information content (AvgIpc) is 2.38. The Morgan fingerprint density at radius 1 is 0.842 bits per heavy atom. The van der Waals surface area contributed by atoms with E-state index >= 15 is 0 Å². The van der Waals surface area contributed by atoms with Crippen molar-refractivity contribution < 1.29 is 13.2 Å². The normalized spacial score (nSPS) is 8.00. The smallest absolute Gasteiger partial charge is 0.159 e. The van der Waals surface area contributed by atoms with Crippen LogP contribution in [0.1, 0.15) is 59.3 Å². The third-order valence-electron chi connectivity index (χ3n) is 1.20. The second-order valence-electron chi connectivity index (χ2n) is 3.18. The van der Waals surface area contributed by atoms with Crippen LogP contribution in [0.3, 0.4) is 0 Å². The molecule has 0 aliphatic rings. The van der Waals surface area contributed by atoms with Crippen molar-refractivity contribution in [3.63, 3.8) is 0 Å². The van der Waals surface area contributed by atoms with Gasteiger partial charge in [-0.25, -0.2) is 0 Å². The Kier molecular flexibility index (Phi) is 51.2. The molecule has 0 heterocycles. The Hall–Kier alpha value is 0.149. The van der Waals surface area contributed by atoms with Crippen molar-refractivity contribution in [3.8, 4) is 5.92 Å². The summed E-state index contributed by atoms with van der Waals surface area (Å²) in [5.74, 6) is 0.354. The predicted molar refractivity (Wildman–Crippen MR) is 79.7 cm³/mol. The molecule has 0 N–H and O–H groups in total. The van der Waals surface area contributed by atoms with Gasteiger partial charge in [0.25, 0.3) is 0 Å². The average molecular weight is 383 g/mol. The molecule has 0 atom stereocenters. The molecule has 0 saturated heterocycles. The molecule has 0 amide bonds. The number of hydrogen-bond donors (Lipinski definition) is 0. The van der Waals surface area contributed by atoms with E-state index in [1.807, 2.05) is 0 Å². The van der Waals surface area contributed by atoms with Crippen LogP contribution in [-0.2, 0) is 0 Å². The van der Waals surface area contributed by atoms with Gasteiger partial charge >= 0.3 is 6.18 Å². The van der Waals surface area contributed by atoms with Crippen molar-refractivity contribution in [2.24, 2.45) is 0 Å². The van der Waals surface area contributed by atoms with Crippen LogP contribution in [-0.4, -0.2) is 30.1 Å². The maximum absolute atomic E-state index is 10.5. The summed E-state index contributed by atoms with van der Waals surface area (Å²) < 4.78 is 31.5. The maximum atomic E-state index is 10.5. The summed E-state index contributed by atoms with van der Waals surface area (Å²) in [6, 6.07) is 0. The van der Waals surface area contributed by atoms with Crippen molar-refractivity contribution in [1.29, 1.82) is 0 Å². The zero-order valence-electron chi connectivity index (χ0n) is 12.5. The van der Waals surface area contributed by atoms with Gasteiger partial charge in [0.15, 0.2) is 0 Å². The molecule has 0 unspecified atom stereocenters. The van der Waals surface area contributed by atoms with E-state index in [1.54, 1.807) is 0 Å². The monoisotopic (exact) mass is 384 g/mol. The van der Waals surface area contributed by atoms with Gasteiger partial charge < -0.3 is 0 Å². The first-order valence-electron chi connectivity index (χ1n) is 6.19. The molecule has 19 heavy (non-hydrogen) atoms. The molecule has 0 aliphatic carbocycles. The Morgan fingerprint density at radius 2 is 0.947 bits per heavy atom. The van der Waals surface area contributed by atoms with E-state index in [4.69, 9.17) is 6.42 Å². The molecule has 0 bridgehead atoms. The number of alkyl halides is 3. The number of halogens is 3. The van der Waals surface area contributed by atoms with Crippen LogP contribution in [0, 0.1) is 33.1 Å². The summed E-state index contributed by atoms with van der Waals surface area (Å²) in [7, 11) is 0. The van der Waals surface area contributed by atoms with Crippen molar-refractivity contribution in [2.75, 3.05) is 0 Å². The van der Waals surface area contributed by atoms with Gasteiger partial charge in [-0.15, -0.1) is 0 Å². The third kappa shape index (κ3) is 125. The summed E-state index contributed by atoms with van der Waals surface area (Å²) in [5, 5.41) is 0. The Bertz CT molecular complexity index is 133. The second kappa shape index (κ2) is 30.9. The van der Waals surface area contributed by atoms with Crippen molar-refractivity contribution in [2.45, 2.75) is 65.5 Å². The largest absolute Gasteiger partial charge is 0.458 e. The predicted octanol–water partition coefficient (Wildman–Crippen LogP) is 5.62. The van der Waals surface area contributed by atoms with Crippen LogP contribution >= 0.6 is 0 Å². The van der Waals surface area contributed by atoms with Crippen molar-refractivity contribution >= 4 is 23.9 Å². The fraction of sp³-hybridized carbons (Fsp3) is 0.667. The van der Waals surface area contributed by atoms with E-state index in [2.05, 4.69) is 41.5 Å². The second-order valence-corrected chi connectivity index (χ2v) is 3.18. The van der Waals surface area contributed by atoms with E-state index in [0.717, 1.165) is 19.3 Å². The van der Waals surface area contributed by atoms with Gasteiger partial charge in [-0.3, -0.25) is 0 Å². The Morgan fingerprint density at radius 3 is 0.947 bits per heavy atom. The van der Waals surface area contributed by atoms with E-state index in [1.165, 1.54) is 19.3 Å². The number of hydrogen-bond acceptors (Lipinski definition) is 0. The molecular weight excluding hydrogens is 356 g/mol. The van der Waals surface area contributed by atoms with Gasteiger partial charge in [0.2, 0.25) is 0 Å². The van der Waals surface area contributed by atoms with E-state index in [0.29, 0.717) is 5.92 Å². The first kappa shape index (κ1) is 31.5. The minimum atomic E-state index is -4.54. The van der Waals surface area contributed by atoms with Crippen molar-refractivity contribution in [1.82, 2.24) is 0 Å². The Labute approximate surface area is 135 Å². The van der Waals surface area contributed by atoms with Crippen LogP contribution in [0.25, 0.3) is 0 Å². The quantitative estimate of drug-likeness (QED) is 0.439. The topological polar surface area (TPSA) is 0 Å². The molecule has 0 fully saturated rings. The van der Waals surface area contributed by atoms with Crippen molar-refractivity contribution in [3.05, 3.63) is 27.2 Å². The van der Waals surface area contributed by atoms with Crippen LogP contribution < -0.4 is 0 Å². The molecule has 0 aromatic rings. The molecule has 8 radical (unpaired) electrons. The van der Waals surface area contributed by atoms with E-state index in [-0.39, 0.29) is 23.9 Å². The van der Waals surface area contributed by atoms with Crippen LogP contribution in [0.4, 0.5) is 13.2 Å². The molecule has 4 heteroatoms. The zero-order valence-corrected chi connectivity index (χ0v) is 15.4. The summed E-state index contributed by atoms with van der Waals surface area (Å²) in [6.07, 6.45) is 7.77. The fourth-order valence-electron chi connectivity index (χ4n) is 0. The summed E-state index contributed by atoms with van der Waals surface area (Å²) in [4.78, 5) is 0. The molecule has 0 spiro atoms. The first-order chi connectivity index (χ1) is 8.30. The molecule has 112 valence electrons.